The zero-order valence-electron chi connectivity index (χ0n) is 29.7. The molecule has 7 amide bonds. The van der Waals surface area contributed by atoms with Crippen LogP contribution in [0.3, 0.4) is 0 Å². The third kappa shape index (κ3) is 15.9. The van der Waals surface area contributed by atoms with E-state index in [1.807, 2.05) is 0 Å². The van der Waals surface area contributed by atoms with Crippen molar-refractivity contribution >= 4 is 65.9 Å². The van der Waals surface area contributed by atoms with Gasteiger partial charge in [0, 0.05) is 25.1 Å². The number of nitrogens with one attached hydrogen (secondary N) is 5. The molecule has 300 valence electrons. The van der Waals surface area contributed by atoms with Crippen LogP contribution in [0, 0.1) is 0 Å². The predicted octanol–water partition coefficient (Wildman–Crippen LogP) is -4.60. The topological polar surface area (TPSA) is 356 Å². The summed E-state index contributed by atoms with van der Waals surface area (Å²) in [6.45, 7) is 2.84. The SMILES string of the molecule is C[C@H](NC(=O)[C@H](CCC(=O)O)NC(=O)[C@@H]1CCCN1C(=O)[C@@H](N)CCC(N)=O)C(=O)N[C@H](C(=O)N[C@@H](CCCCN)C(=O)N[C@@H](CS)C(=O)O)[C@@H](C)O. The van der Waals surface area contributed by atoms with E-state index in [2.05, 4.69) is 39.2 Å². The lowest BCUT2D eigenvalue weighted by molar-refractivity contribution is -0.142. The molecule has 0 aromatic heterocycles. The lowest BCUT2D eigenvalue weighted by Gasteiger charge is -2.29. The second-order valence-corrected chi connectivity index (χ2v) is 13.0. The van der Waals surface area contributed by atoms with Crippen LogP contribution in [0.25, 0.3) is 0 Å². The smallest absolute Gasteiger partial charge is 0.327 e. The van der Waals surface area contributed by atoms with Gasteiger partial charge in [0.2, 0.25) is 41.4 Å². The third-order valence-corrected chi connectivity index (χ3v) is 8.69. The van der Waals surface area contributed by atoms with Gasteiger partial charge in [-0.05, 0) is 65.3 Å². The quantitative estimate of drug-likeness (QED) is 0.0324. The summed E-state index contributed by atoms with van der Waals surface area (Å²) in [5, 5.41) is 40.6. The summed E-state index contributed by atoms with van der Waals surface area (Å²) in [4.78, 5) is 114. The van der Waals surface area contributed by atoms with Crippen molar-refractivity contribution < 1.29 is 58.5 Å². The first-order valence-electron chi connectivity index (χ1n) is 17.1. The van der Waals surface area contributed by atoms with Crippen molar-refractivity contribution in [2.24, 2.45) is 17.2 Å². The molecule has 53 heavy (non-hydrogen) atoms. The van der Waals surface area contributed by atoms with Gasteiger partial charge in [-0.2, -0.15) is 12.6 Å². The Balaban J connectivity index is 3.05. The minimum Gasteiger partial charge on any atom is -0.481 e. The van der Waals surface area contributed by atoms with Gasteiger partial charge in [0.1, 0.15) is 36.3 Å². The van der Waals surface area contributed by atoms with E-state index in [1.165, 1.54) is 18.7 Å². The molecule has 0 radical (unpaired) electrons. The van der Waals surface area contributed by atoms with Crippen molar-refractivity contribution in [2.75, 3.05) is 18.8 Å². The maximum Gasteiger partial charge on any atom is 0.327 e. The lowest BCUT2D eigenvalue weighted by Crippen LogP contribution is -2.61. The van der Waals surface area contributed by atoms with Crippen molar-refractivity contribution in [3.63, 3.8) is 0 Å². The van der Waals surface area contributed by atoms with Gasteiger partial charge in [0.25, 0.3) is 0 Å². The van der Waals surface area contributed by atoms with Crippen molar-refractivity contribution in [3.05, 3.63) is 0 Å². The molecule has 0 saturated carbocycles. The fourth-order valence-electron chi connectivity index (χ4n) is 5.29. The molecule has 0 aromatic rings. The Morgan fingerprint density at radius 3 is 1.94 bits per heavy atom. The van der Waals surface area contributed by atoms with Crippen molar-refractivity contribution in [3.8, 4) is 0 Å². The average molecular weight is 776 g/mol. The summed E-state index contributed by atoms with van der Waals surface area (Å²) < 4.78 is 0. The zero-order chi connectivity index (χ0) is 40.4. The number of nitrogens with zero attached hydrogens (tertiary/aromatic N) is 1. The largest absolute Gasteiger partial charge is 0.481 e. The first-order valence-corrected chi connectivity index (χ1v) is 17.8. The van der Waals surface area contributed by atoms with Crippen LogP contribution in [0.2, 0.25) is 0 Å². The molecule has 1 saturated heterocycles. The van der Waals surface area contributed by atoms with Crippen LogP contribution in [-0.2, 0) is 43.2 Å². The van der Waals surface area contributed by atoms with Crippen LogP contribution in [0.15, 0.2) is 0 Å². The van der Waals surface area contributed by atoms with Crippen LogP contribution in [0.1, 0.15) is 71.6 Å². The van der Waals surface area contributed by atoms with Gasteiger partial charge in [0.15, 0.2) is 0 Å². The number of hydrogen-bond acceptors (Lipinski definition) is 13. The number of rotatable bonds is 24. The highest BCUT2D eigenvalue weighted by molar-refractivity contribution is 7.80. The Bertz CT molecular complexity index is 1340. The highest BCUT2D eigenvalue weighted by Crippen LogP contribution is 2.20. The summed E-state index contributed by atoms with van der Waals surface area (Å²) in [5.41, 5.74) is 16.5. The summed E-state index contributed by atoms with van der Waals surface area (Å²) >= 11 is 3.91. The second-order valence-electron chi connectivity index (χ2n) is 12.7. The third-order valence-electron chi connectivity index (χ3n) is 8.33. The number of aliphatic hydroxyl groups is 1. The normalized spacial score (nSPS) is 17.8. The van der Waals surface area contributed by atoms with Gasteiger partial charge < -0.3 is 64.0 Å². The Labute approximate surface area is 311 Å². The second kappa shape index (κ2) is 23.2. The molecule has 1 aliphatic rings. The number of aliphatic hydroxyl groups excluding tert-OH is 1. The van der Waals surface area contributed by atoms with Crippen molar-refractivity contribution in [1.29, 1.82) is 0 Å². The van der Waals surface area contributed by atoms with Gasteiger partial charge >= 0.3 is 11.9 Å². The van der Waals surface area contributed by atoms with E-state index < -0.39 is 115 Å². The van der Waals surface area contributed by atoms with E-state index >= 15 is 0 Å². The molecule has 21 nitrogen and oxygen atoms in total. The first-order chi connectivity index (χ1) is 24.8. The fraction of sp³-hybridized carbons (Fsp3) is 0.710. The number of nitrogens with two attached hydrogens (primary N) is 3. The standard InChI is InChI=1S/C31H53N9O12S/c1-15(25(45)39-24(16(2)41)29(49)37-18(6-3-4-12-32)27(47)38-20(14-53)31(51)52)35-26(46)19(9-11-23(43)44)36-28(48)21-7-5-13-40(21)30(50)17(33)8-10-22(34)42/h15-21,24,41,53H,3-14,32-33H2,1-2H3,(H2,34,42)(H,35,46)(H,36,48)(H,37,49)(H,38,47)(H,39,45)(H,43,44)(H,51,52)/t15-,16+,17-,18-,19-,20-,21-,24-/m0/s1. The lowest BCUT2D eigenvalue weighted by atomic mass is 10.1. The number of carbonyl (C=O) groups excluding carboxylic acids is 7. The minimum atomic E-state index is -1.66. The molecular weight excluding hydrogens is 722 g/mol. The molecule has 0 unspecified atom stereocenters. The molecule has 1 aliphatic heterocycles. The van der Waals surface area contributed by atoms with Gasteiger partial charge in [-0.1, -0.05) is 0 Å². The van der Waals surface area contributed by atoms with E-state index in [0.29, 0.717) is 19.3 Å². The minimum absolute atomic E-state index is 0.0406. The van der Waals surface area contributed by atoms with Gasteiger partial charge in [-0.3, -0.25) is 38.4 Å². The van der Waals surface area contributed by atoms with Gasteiger partial charge in [0.05, 0.1) is 12.1 Å². The summed E-state index contributed by atoms with van der Waals surface area (Å²) in [6, 6.07) is -9.36. The molecule has 0 bridgehead atoms. The van der Waals surface area contributed by atoms with Crippen molar-refractivity contribution in [2.45, 2.75) is 120 Å². The molecule has 0 aromatic carbocycles. The number of carbonyl (C=O) groups is 9. The summed E-state index contributed by atoms with van der Waals surface area (Å²) in [7, 11) is 0. The number of amides is 7. The number of hydrogen-bond donors (Lipinski definition) is 12. The Hall–Kier alpha value is -4.54. The number of primary amides is 1. The number of unbranched alkanes of at least 4 members (excludes halogenated alkanes) is 1. The highest BCUT2D eigenvalue weighted by Gasteiger charge is 2.38. The predicted molar refractivity (Wildman–Crippen MR) is 189 cm³/mol. The van der Waals surface area contributed by atoms with Crippen molar-refractivity contribution in [1.82, 2.24) is 31.5 Å². The summed E-state index contributed by atoms with van der Waals surface area (Å²) in [6.07, 6.45) is -1.18. The van der Waals surface area contributed by atoms with Crippen LogP contribution in [-0.4, -0.2) is 141 Å². The van der Waals surface area contributed by atoms with E-state index in [4.69, 9.17) is 17.2 Å². The zero-order valence-corrected chi connectivity index (χ0v) is 30.6. The molecule has 8 atom stereocenters. The number of thiol groups is 1. The molecule has 1 rings (SSSR count). The molecule has 1 fully saturated rings. The Morgan fingerprint density at radius 2 is 1.40 bits per heavy atom. The molecule has 22 heteroatoms. The van der Waals surface area contributed by atoms with Crippen LogP contribution >= 0.6 is 12.6 Å². The molecule has 0 aliphatic carbocycles. The van der Waals surface area contributed by atoms with Crippen LogP contribution in [0.4, 0.5) is 0 Å². The Kier molecular flexibility index (Phi) is 20.3. The van der Waals surface area contributed by atoms with Crippen LogP contribution < -0.4 is 43.8 Å². The molecule has 14 N–H and O–H groups in total. The number of carboxylic acids is 2. The Morgan fingerprint density at radius 1 is 0.792 bits per heavy atom. The number of aliphatic carboxylic acids is 2. The average Bonchev–Trinajstić information content (AvgIpc) is 3.58. The van der Waals surface area contributed by atoms with Gasteiger partial charge in [-0.15, -0.1) is 0 Å². The fourth-order valence-corrected chi connectivity index (χ4v) is 5.53. The highest BCUT2D eigenvalue weighted by atomic mass is 32.1. The number of carboxylic acid groups (broad SMARTS) is 2. The first kappa shape index (κ1) is 46.5. The summed E-state index contributed by atoms with van der Waals surface area (Å²) in [5.74, 6) is -8.73. The monoisotopic (exact) mass is 775 g/mol. The van der Waals surface area contributed by atoms with E-state index in [9.17, 15) is 58.5 Å². The van der Waals surface area contributed by atoms with Gasteiger partial charge in [-0.25, -0.2) is 4.79 Å². The van der Waals surface area contributed by atoms with E-state index in [0.717, 1.165) is 0 Å². The molecular formula is C31H53N9O12S. The molecule has 1 heterocycles. The van der Waals surface area contributed by atoms with E-state index in [-0.39, 0.29) is 44.5 Å². The molecule has 0 spiro atoms. The maximum absolute atomic E-state index is 13.3. The van der Waals surface area contributed by atoms with E-state index in [1.54, 1.807) is 0 Å². The van der Waals surface area contributed by atoms with Crippen LogP contribution in [0.5, 0.6) is 0 Å². The maximum atomic E-state index is 13.3. The number of likely N-dealkylation sites (tertiary alicyclic amines) is 1.